The summed E-state index contributed by atoms with van der Waals surface area (Å²) in [6.45, 7) is 2.79. The van der Waals surface area contributed by atoms with Gasteiger partial charge in [0.25, 0.3) is 0 Å². The number of imidazole rings is 1. The van der Waals surface area contributed by atoms with Gasteiger partial charge in [0.05, 0.1) is 22.7 Å². The first-order valence-electron chi connectivity index (χ1n) is 7.59. The number of amides is 1. The van der Waals surface area contributed by atoms with Gasteiger partial charge in [-0.2, -0.15) is 5.26 Å². The average molecular weight is 320 g/mol. The van der Waals surface area contributed by atoms with Crippen LogP contribution >= 0.6 is 0 Å². The molecule has 1 aromatic heterocycles. The summed E-state index contributed by atoms with van der Waals surface area (Å²) in [7, 11) is 0. The minimum Gasteiger partial charge on any atom is -0.444 e. The van der Waals surface area contributed by atoms with Crippen LogP contribution in [-0.4, -0.2) is 15.6 Å². The van der Waals surface area contributed by atoms with Crippen molar-refractivity contribution >= 4 is 23.1 Å². The number of anilines is 1. The summed E-state index contributed by atoms with van der Waals surface area (Å²) in [6.07, 6.45) is -0.565. The van der Waals surface area contributed by atoms with Gasteiger partial charge < -0.3 is 9.30 Å². The Morgan fingerprint density at radius 3 is 2.79 bits per heavy atom. The lowest BCUT2D eigenvalue weighted by Gasteiger charge is -2.08. The molecular weight excluding hydrogens is 304 g/mol. The van der Waals surface area contributed by atoms with Crippen LogP contribution in [0.1, 0.15) is 18.1 Å². The van der Waals surface area contributed by atoms with Crippen LogP contribution < -0.4 is 5.32 Å². The number of nitrogens with zero attached hydrogens (tertiary/aromatic N) is 3. The third-order valence-electron chi connectivity index (χ3n) is 3.62. The molecular formula is C18H16N4O2. The fraction of sp³-hybridized carbons (Fsp3) is 0.167. The van der Waals surface area contributed by atoms with Crippen LogP contribution in [0.25, 0.3) is 11.0 Å². The van der Waals surface area contributed by atoms with Crippen LogP contribution in [0.4, 0.5) is 10.7 Å². The highest BCUT2D eigenvalue weighted by atomic mass is 16.5. The van der Waals surface area contributed by atoms with E-state index in [0.29, 0.717) is 23.6 Å². The number of carbonyl (C=O) groups is 1. The smallest absolute Gasteiger partial charge is 0.414 e. The largest absolute Gasteiger partial charge is 0.444 e. The molecule has 0 saturated carbocycles. The highest BCUT2D eigenvalue weighted by Gasteiger charge is 2.13. The van der Waals surface area contributed by atoms with Crippen molar-refractivity contribution in [3.8, 4) is 6.07 Å². The summed E-state index contributed by atoms with van der Waals surface area (Å²) >= 11 is 0. The summed E-state index contributed by atoms with van der Waals surface area (Å²) in [5.41, 5.74) is 2.96. The lowest BCUT2D eigenvalue weighted by molar-refractivity contribution is 0.155. The molecule has 0 aliphatic heterocycles. The van der Waals surface area contributed by atoms with Crippen molar-refractivity contribution in [2.75, 3.05) is 5.32 Å². The Morgan fingerprint density at radius 2 is 2.08 bits per heavy atom. The van der Waals surface area contributed by atoms with Gasteiger partial charge in [0.1, 0.15) is 6.61 Å². The highest BCUT2D eigenvalue weighted by Crippen LogP contribution is 2.21. The molecule has 120 valence electrons. The van der Waals surface area contributed by atoms with Gasteiger partial charge in [0.2, 0.25) is 5.95 Å². The van der Waals surface area contributed by atoms with Crippen molar-refractivity contribution in [3.63, 3.8) is 0 Å². The Hall–Kier alpha value is -3.33. The van der Waals surface area contributed by atoms with E-state index in [1.807, 2.05) is 47.9 Å². The van der Waals surface area contributed by atoms with E-state index in [4.69, 9.17) is 10.00 Å². The van der Waals surface area contributed by atoms with Crippen molar-refractivity contribution in [1.82, 2.24) is 9.55 Å². The minimum absolute atomic E-state index is 0.192. The Kier molecular flexibility index (Phi) is 4.43. The molecule has 24 heavy (non-hydrogen) atoms. The zero-order valence-corrected chi connectivity index (χ0v) is 13.2. The van der Waals surface area contributed by atoms with E-state index >= 15 is 0 Å². The molecule has 0 aliphatic rings. The zero-order chi connectivity index (χ0) is 16.9. The maximum absolute atomic E-state index is 12.0. The number of aromatic nitrogens is 2. The Balaban J connectivity index is 1.76. The third-order valence-corrected chi connectivity index (χ3v) is 3.62. The Labute approximate surface area is 139 Å². The Morgan fingerprint density at radius 1 is 1.29 bits per heavy atom. The van der Waals surface area contributed by atoms with Gasteiger partial charge in [-0.25, -0.2) is 9.78 Å². The SMILES string of the molecule is CCn1c(NC(=O)OCc2ccccc2)nc2cc(C#N)ccc21. The molecule has 3 rings (SSSR count). The number of nitrogens with one attached hydrogen (secondary N) is 1. The number of hydrogen-bond donors (Lipinski definition) is 1. The molecule has 0 bridgehead atoms. The van der Waals surface area contributed by atoms with Crippen molar-refractivity contribution in [2.45, 2.75) is 20.1 Å². The normalized spacial score (nSPS) is 10.3. The van der Waals surface area contributed by atoms with E-state index in [-0.39, 0.29) is 6.61 Å². The fourth-order valence-electron chi connectivity index (χ4n) is 2.47. The van der Waals surface area contributed by atoms with Crippen LogP contribution in [-0.2, 0) is 17.9 Å². The number of hydrogen-bond acceptors (Lipinski definition) is 4. The molecule has 2 aromatic carbocycles. The molecule has 0 spiro atoms. The molecule has 1 amide bonds. The van der Waals surface area contributed by atoms with Crippen molar-refractivity contribution < 1.29 is 9.53 Å². The predicted molar refractivity (Wildman–Crippen MR) is 90.4 cm³/mol. The number of fused-ring (bicyclic) bond motifs is 1. The van der Waals surface area contributed by atoms with E-state index < -0.39 is 6.09 Å². The van der Waals surface area contributed by atoms with Gasteiger partial charge in [0.15, 0.2) is 0 Å². The van der Waals surface area contributed by atoms with Gasteiger partial charge in [-0.1, -0.05) is 30.3 Å². The molecule has 0 unspecified atom stereocenters. The fourth-order valence-corrected chi connectivity index (χ4v) is 2.47. The first kappa shape index (κ1) is 15.6. The molecule has 6 nitrogen and oxygen atoms in total. The summed E-state index contributed by atoms with van der Waals surface area (Å²) in [5, 5.41) is 11.6. The molecule has 3 aromatic rings. The molecule has 6 heteroatoms. The lowest BCUT2D eigenvalue weighted by Crippen LogP contribution is -2.16. The summed E-state index contributed by atoms with van der Waals surface area (Å²) in [4.78, 5) is 16.4. The van der Waals surface area contributed by atoms with E-state index in [0.717, 1.165) is 11.1 Å². The number of aryl methyl sites for hydroxylation is 1. The second kappa shape index (κ2) is 6.84. The molecule has 0 radical (unpaired) electrons. The van der Waals surface area contributed by atoms with E-state index in [1.54, 1.807) is 12.1 Å². The molecule has 0 atom stereocenters. The van der Waals surface area contributed by atoms with E-state index in [2.05, 4.69) is 16.4 Å². The molecule has 0 saturated heterocycles. The first-order valence-corrected chi connectivity index (χ1v) is 7.59. The van der Waals surface area contributed by atoms with Gasteiger partial charge in [-0.05, 0) is 30.7 Å². The number of rotatable bonds is 4. The second-order valence-corrected chi connectivity index (χ2v) is 5.18. The number of benzene rings is 2. The van der Waals surface area contributed by atoms with Gasteiger partial charge in [0, 0.05) is 6.54 Å². The quantitative estimate of drug-likeness (QED) is 0.795. The maximum Gasteiger partial charge on any atom is 0.414 e. The minimum atomic E-state index is -0.565. The van der Waals surface area contributed by atoms with E-state index in [9.17, 15) is 4.79 Å². The van der Waals surface area contributed by atoms with Crippen LogP contribution in [0.2, 0.25) is 0 Å². The number of nitriles is 1. The van der Waals surface area contributed by atoms with Crippen LogP contribution in [0.3, 0.4) is 0 Å². The summed E-state index contributed by atoms with van der Waals surface area (Å²) < 4.78 is 7.08. The second-order valence-electron chi connectivity index (χ2n) is 5.18. The van der Waals surface area contributed by atoms with Crippen molar-refractivity contribution in [2.24, 2.45) is 0 Å². The zero-order valence-electron chi connectivity index (χ0n) is 13.2. The average Bonchev–Trinajstić information content (AvgIpc) is 2.96. The Bertz CT molecular complexity index is 910. The van der Waals surface area contributed by atoms with Gasteiger partial charge in [-0.3, -0.25) is 5.32 Å². The van der Waals surface area contributed by atoms with Gasteiger partial charge >= 0.3 is 6.09 Å². The monoisotopic (exact) mass is 320 g/mol. The van der Waals surface area contributed by atoms with E-state index in [1.165, 1.54) is 0 Å². The van der Waals surface area contributed by atoms with Crippen molar-refractivity contribution in [1.29, 1.82) is 5.26 Å². The number of ether oxygens (including phenoxy) is 1. The predicted octanol–water partition coefficient (Wildman–Crippen LogP) is 3.68. The molecule has 1 N–H and O–H groups in total. The highest BCUT2D eigenvalue weighted by molar-refractivity contribution is 5.87. The van der Waals surface area contributed by atoms with Crippen molar-refractivity contribution in [3.05, 3.63) is 59.7 Å². The summed E-state index contributed by atoms with van der Waals surface area (Å²) in [5.74, 6) is 0.403. The first-order chi connectivity index (χ1) is 11.7. The van der Waals surface area contributed by atoms with Crippen LogP contribution in [0.5, 0.6) is 0 Å². The lowest BCUT2D eigenvalue weighted by atomic mass is 10.2. The topological polar surface area (TPSA) is 79.9 Å². The maximum atomic E-state index is 12.0. The van der Waals surface area contributed by atoms with Crippen LogP contribution in [0.15, 0.2) is 48.5 Å². The third kappa shape index (κ3) is 3.20. The van der Waals surface area contributed by atoms with Gasteiger partial charge in [-0.15, -0.1) is 0 Å². The summed E-state index contributed by atoms with van der Waals surface area (Å²) in [6, 6.07) is 16.8. The standard InChI is InChI=1S/C18H16N4O2/c1-2-22-16-9-8-14(11-19)10-15(16)20-17(22)21-18(23)24-12-13-6-4-3-5-7-13/h3-10H,2,12H2,1H3,(H,20,21,23). The number of carbonyl (C=O) groups excluding carboxylic acids is 1. The molecule has 0 aliphatic carbocycles. The molecule has 1 heterocycles. The molecule has 0 fully saturated rings. The van der Waals surface area contributed by atoms with Crippen LogP contribution in [0, 0.1) is 11.3 Å².